The van der Waals surface area contributed by atoms with Gasteiger partial charge in [-0.25, -0.2) is 4.79 Å². The van der Waals surface area contributed by atoms with E-state index in [1.165, 1.54) is 24.3 Å². The molecule has 1 aromatic heterocycles. The summed E-state index contributed by atoms with van der Waals surface area (Å²) in [5.41, 5.74) is 0.248. The van der Waals surface area contributed by atoms with Crippen LogP contribution in [-0.4, -0.2) is 22.1 Å². The van der Waals surface area contributed by atoms with Gasteiger partial charge in [0.25, 0.3) is 5.69 Å². The number of esters is 1. The van der Waals surface area contributed by atoms with Gasteiger partial charge in [-0.3, -0.25) is 10.1 Å². The Morgan fingerprint density at radius 3 is 2.45 bits per heavy atom. The largest absolute Gasteiger partial charge is 0.460 e. The predicted molar refractivity (Wildman–Crippen MR) is 72.5 cm³/mol. The Bertz CT molecular complexity index is 590. The lowest BCUT2D eigenvalue weighted by molar-refractivity contribution is -0.384. The van der Waals surface area contributed by atoms with Gasteiger partial charge in [0.1, 0.15) is 6.61 Å². The highest BCUT2D eigenvalue weighted by Gasteiger charge is 2.12. The zero-order valence-corrected chi connectivity index (χ0v) is 10.9. The highest BCUT2D eigenvalue weighted by Crippen LogP contribution is 2.13. The molecule has 2 aromatic rings. The molecule has 0 radical (unpaired) electrons. The molecule has 0 amide bonds. The van der Waals surface area contributed by atoms with Gasteiger partial charge in [-0.05, 0) is 31.2 Å². The quantitative estimate of drug-likeness (QED) is 0.477. The molecule has 20 heavy (non-hydrogen) atoms. The SMILES string of the molecule is C[C@@H](COC(=O)c1ccc([N+](=O)[O-])cc1)n1cccc1. The average Bonchev–Trinajstić information content (AvgIpc) is 2.98. The molecule has 1 heterocycles. The number of non-ortho nitro benzene ring substituents is 1. The zero-order valence-electron chi connectivity index (χ0n) is 10.9. The summed E-state index contributed by atoms with van der Waals surface area (Å²) in [5.74, 6) is -0.487. The molecule has 0 unspecified atom stereocenters. The van der Waals surface area contributed by atoms with Gasteiger partial charge in [0.2, 0.25) is 0 Å². The molecule has 0 N–H and O–H groups in total. The van der Waals surface area contributed by atoms with Gasteiger partial charge in [-0.2, -0.15) is 0 Å². The lowest BCUT2D eigenvalue weighted by atomic mass is 10.2. The first-order valence-electron chi connectivity index (χ1n) is 6.12. The number of nitro benzene ring substituents is 1. The van der Waals surface area contributed by atoms with Crippen molar-refractivity contribution in [2.75, 3.05) is 6.61 Å². The molecule has 0 bridgehead atoms. The Morgan fingerprint density at radius 2 is 1.90 bits per heavy atom. The minimum atomic E-state index is -0.511. The normalized spacial score (nSPS) is 11.8. The first kappa shape index (κ1) is 13.8. The number of rotatable bonds is 5. The Kier molecular flexibility index (Phi) is 4.14. The van der Waals surface area contributed by atoms with Crippen LogP contribution < -0.4 is 0 Å². The van der Waals surface area contributed by atoms with Crippen LogP contribution in [0.4, 0.5) is 5.69 Å². The molecule has 0 spiro atoms. The minimum absolute atomic E-state index is 0.0343. The number of carbonyl (C=O) groups excluding carboxylic acids is 1. The molecule has 0 aliphatic carbocycles. The summed E-state index contributed by atoms with van der Waals surface area (Å²) in [7, 11) is 0. The first-order valence-corrected chi connectivity index (χ1v) is 6.12. The first-order chi connectivity index (χ1) is 9.58. The number of nitrogens with zero attached hydrogens (tertiary/aromatic N) is 2. The van der Waals surface area contributed by atoms with Crippen molar-refractivity contribution in [1.82, 2.24) is 4.57 Å². The predicted octanol–water partition coefficient (Wildman–Crippen LogP) is 2.81. The molecule has 0 saturated heterocycles. The topological polar surface area (TPSA) is 74.4 Å². The molecule has 0 aliphatic rings. The summed E-state index contributed by atoms with van der Waals surface area (Å²) in [5, 5.41) is 10.5. The molecule has 1 atom stereocenters. The maximum Gasteiger partial charge on any atom is 0.338 e. The second-order valence-electron chi connectivity index (χ2n) is 4.38. The van der Waals surface area contributed by atoms with Crippen molar-refractivity contribution >= 4 is 11.7 Å². The van der Waals surface area contributed by atoms with Crippen molar-refractivity contribution < 1.29 is 14.5 Å². The number of benzene rings is 1. The molecule has 104 valence electrons. The Hall–Kier alpha value is -2.63. The average molecular weight is 274 g/mol. The third-order valence-corrected chi connectivity index (χ3v) is 2.91. The van der Waals surface area contributed by atoms with Gasteiger partial charge in [-0.1, -0.05) is 0 Å². The van der Waals surface area contributed by atoms with E-state index < -0.39 is 10.9 Å². The van der Waals surface area contributed by atoms with Crippen LogP contribution in [0.1, 0.15) is 23.3 Å². The third kappa shape index (κ3) is 3.23. The lowest BCUT2D eigenvalue weighted by Gasteiger charge is -2.13. The van der Waals surface area contributed by atoms with Crippen molar-refractivity contribution in [2.45, 2.75) is 13.0 Å². The van der Waals surface area contributed by atoms with Gasteiger partial charge < -0.3 is 9.30 Å². The monoisotopic (exact) mass is 274 g/mol. The Balaban J connectivity index is 1.93. The van der Waals surface area contributed by atoms with E-state index in [0.29, 0.717) is 5.56 Å². The van der Waals surface area contributed by atoms with Crippen molar-refractivity contribution in [3.63, 3.8) is 0 Å². The zero-order chi connectivity index (χ0) is 14.5. The number of aromatic nitrogens is 1. The molecule has 6 nitrogen and oxygen atoms in total. The van der Waals surface area contributed by atoms with Crippen LogP contribution >= 0.6 is 0 Å². The Morgan fingerprint density at radius 1 is 1.30 bits per heavy atom. The summed E-state index contributed by atoms with van der Waals surface area (Å²) in [6.45, 7) is 2.17. The van der Waals surface area contributed by atoms with Crippen molar-refractivity contribution in [3.8, 4) is 0 Å². The van der Waals surface area contributed by atoms with Crippen LogP contribution in [0.15, 0.2) is 48.8 Å². The lowest BCUT2D eigenvalue weighted by Crippen LogP contribution is -2.14. The van der Waals surface area contributed by atoms with Gasteiger partial charge in [-0.15, -0.1) is 0 Å². The molecule has 0 saturated carbocycles. The second-order valence-corrected chi connectivity index (χ2v) is 4.38. The fraction of sp³-hybridized carbons (Fsp3) is 0.214. The van der Waals surface area contributed by atoms with E-state index in [1.807, 2.05) is 36.0 Å². The maximum absolute atomic E-state index is 11.8. The van der Waals surface area contributed by atoms with E-state index in [2.05, 4.69) is 0 Å². The molecule has 2 rings (SSSR count). The van der Waals surface area contributed by atoms with Crippen LogP contribution in [0, 0.1) is 10.1 Å². The van der Waals surface area contributed by atoms with Crippen molar-refractivity contribution in [2.24, 2.45) is 0 Å². The smallest absolute Gasteiger partial charge is 0.338 e. The Labute approximate surface area is 115 Å². The van der Waals surface area contributed by atoms with E-state index in [9.17, 15) is 14.9 Å². The summed E-state index contributed by atoms with van der Waals surface area (Å²) in [4.78, 5) is 21.8. The number of nitro groups is 1. The molecular weight excluding hydrogens is 260 g/mol. The molecule has 0 fully saturated rings. The highest BCUT2D eigenvalue weighted by molar-refractivity contribution is 5.89. The van der Waals surface area contributed by atoms with Crippen LogP contribution in [0.2, 0.25) is 0 Å². The van der Waals surface area contributed by atoms with Gasteiger partial charge in [0.15, 0.2) is 0 Å². The highest BCUT2D eigenvalue weighted by atomic mass is 16.6. The second kappa shape index (κ2) is 6.01. The maximum atomic E-state index is 11.8. The molecule has 6 heteroatoms. The summed E-state index contributed by atoms with van der Waals surface area (Å²) in [6, 6.07) is 9.18. The minimum Gasteiger partial charge on any atom is -0.460 e. The van der Waals surface area contributed by atoms with E-state index in [-0.39, 0.29) is 18.3 Å². The number of ether oxygens (including phenoxy) is 1. The molecular formula is C14H14N2O4. The van der Waals surface area contributed by atoms with Gasteiger partial charge >= 0.3 is 5.97 Å². The van der Waals surface area contributed by atoms with E-state index in [4.69, 9.17) is 4.74 Å². The van der Waals surface area contributed by atoms with Crippen LogP contribution in [0.25, 0.3) is 0 Å². The van der Waals surface area contributed by atoms with E-state index in [1.54, 1.807) is 0 Å². The summed E-state index contributed by atoms with van der Waals surface area (Å²) < 4.78 is 7.12. The summed E-state index contributed by atoms with van der Waals surface area (Å²) >= 11 is 0. The summed E-state index contributed by atoms with van der Waals surface area (Å²) in [6.07, 6.45) is 3.79. The van der Waals surface area contributed by atoms with Crippen LogP contribution in [0.3, 0.4) is 0 Å². The fourth-order valence-corrected chi connectivity index (χ4v) is 1.73. The van der Waals surface area contributed by atoms with Gasteiger partial charge in [0.05, 0.1) is 16.5 Å². The number of hydrogen-bond acceptors (Lipinski definition) is 4. The van der Waals surface area contributed by atoms with Crippen LogP contribution in [0.5, 0.6) is 0 Å². The third-order valence-electron chi connectivity index (χ3n) is 2.91. The van der Waals surface area contributed by atoms with Crippen molar-refractivity contribution in [1.29, 1.82) is 0 Å². The standard InChI is InChI=1S/C14H14N2O4/c1-11(15-8-2-3-9-15)10-20-14(17)12-4-6-13(7-5-12)16(18)19/h2-9,11H,10H2,1H3/t11-/m0/s1. The van der Waals surface area contributed by atoms with Crippen molar-refractivity contribution in [3.05, 3.63) is 64.5 Å². The van der Waals surface area contributed by atoms with E-state index in [0.717, 1.165) is 0 Å². The number of hydrogen-bond donors (Lipinski definition) is 0. The van der Waals surface area contributed by atoms with Gasteiger partial charge in [0, 0.05) is 24.5 Å². The van der Waals surface area contributed by atoms with Crippen LogP contribution in [-0.2, 0) is 4.74 Å². The van der Waals surface area contributed by atoms with E-state index >= 15 is 0 Å². The fourth-order valence-electron chi connectivity index (χ4n) is 1.73. The molecule has 0 aliphatic heterocycles. The number of carbonyl (C=O) groups is 1. The molecule has 1 aromatic carbocycles.